The van der Waals surface area contributed by atoms with Gasteiger partial charge in [-0.2, -0.15) is 0 Å². The van der Waals surface area contributed by atoms with E-state index in [1.54, 1.807) is 6.20 Å². The molecule has 2 heterocycles. The second-order valence-corrected chi connectivity index (χ2v) is 4.03. The summed E-state index contributed by atoms with van der Waals surface area (Å²) in [4.78, 5) is 19.0. The fourth-order valence-corrected chi connectivity index (χ4v) is 1.86. The summed E-state index contributed by atoms with van der Waals surface area (Å²) >= 11 is 0. The van der Waals surface area contributed by atoms with E-state index < -0.39 is 5.97 Å². The maximum atomic E-state index is 10.4. The first-order valence-electron chi connectivity index (χ1n) is 5.66. The van der Waals surface area contributed by atoms with Crippen molar-refractivity contribution in [3.05, 3.63) is 24.2 Å². The standard InChI is InChI=1S/C12H15N3O2/c1-15-9-5-4-8-13-12(9)14-10(15)6-2-3-7-11(16)17/h4-5,8H,2-3,6-7H2,1H3,(H,16,17). The molecule has 0 spiro atoms. The minimum Gasteiger partial charge on any atom is -0.481 e. The molecule has 2 aromatic heterocycles. The van der Waals surface area contributed by atoms with E-state index in [-0.39, 0.29) is 6.42 Å². The lowest BCUT2D eigenvalue weighted by Gasteiger charge is -2.01. The van der Waals surface area contributed by atoms with E-state index in [9.17, 15) is 4.79 Å². The molecule has 0 bridgehead atoms. The number of hydrogen-bond acceptors (Lipinski definition) is 3. The fraction of sp³-hybridized carbons (Fsp3) is 0.417. The van der Waals surface area contributed by atoms with Crippen molar-refractivity contribution in [1.82, 2.24) is 14.5 Å². The van der Waals surface area contributed by atoms with E-state index in [1.807, 2.05) is 23.7 Å². The first kappa shape index (κ1) is 11.6. The molecule has 90 valence electrons. The van der Waals surface area contributed by atoms with Crippen molar-refractivity contribution in [3.63, 3.8) is 0 Å². The molecule has 17 heavy (non-hydrogen) atoms. The van der Waals surface area contributed by atoms with Crippen molar-refractivity contribution >= 4 is 17.1 Å². The number of nitrogens with zero attached hydrogens (tertiary/aromatic N) is 3. The average molecular weight is 233 g/mol. The third kappa shape index (κ3) is 2.61. The number of aliphatic carboxylic acids is 1. The highest BCUT2D eigenvalue weighted by Gasteiger charge is 2.07. The molecule has 0 saturated heterocycles. The monoisotopic (exact) mass is 233 g/mol. The van der Waals surface area contributed by atoms with Crippen LogP contribution in [0.3, 0.4) is 0 Å². The fourth-order valence-electron chi connectivity index (χ4n) is 1.86. The van der Waals surface area contributed by atoms with Gasteiger partial charge >= 0.3 is 5.97 Å². The van der Waals surface area contributed by atoms with Crippen LogP contribution < -0.4 is 0 Å². The van der Waals surface area contributed by atoms with E-state index in [1.165, 1.54) is 0 Å². The summed E-state index contributed by atoms with van der Waals surface area (Å²) in [6, 6.07) is 3.87. The van der Waals surface area contributed by atoms with Crippen molar-refractivity contribution in [2.45, 2.75) is 25.7 Å². The average Bonchev–Trinajstić information content (AvgIpc) is 2.63. The molecule has 0 aromatic carbocycles. The number of carboxylic acids is 1. The minimum atomic E-state index is -0.739. The zero-order valence-corrected chi connectivity index (χ0v) is 9.76. The van der Waals surface area contributed by atoms with Crippen molar-refractivity contribution in [1.29, 1.82) is 0 Å². The summed E-state index contributed by atoms with van der Waals surface area (Å²) in [5.74, 6) is 0.223. The van der Waals surface area contributed by atoms with Gasteiger partial charge in [-0.15, -0.1) is 0 Å². The minimum absolute atomic E-state index is 0.224. The van der Waals surface area contributed by atoms with Crippen LogP contribution in [0, 0.1) is 0 Å². The van der Waals surface area contributed by atoms with Gasteiger partial charge in [-0.25, -0.2) is 9.97 Å². The van der Waals surface area contributed by atoms with Gasteiger partial charge in [-0.1, -0.05) is 0 Å². The van der Waals surface area contributed by atoms with E-state index in [0.29, 0.717) is 6.42 Å². The lowest BCUT2D eigenvalue weighted by molar-refractivity contribution is -0.137. The Labute approximate surface area is 99.1 Å². The van der Waals surface area contributed by atoms with Gasteiger partial charge in [0.2, 0.25) is 0 Å². The molecule has 0 radical (unpaired) electrons. The molecule has 0 aliphatic carbocycles. The number of fused-ring (bicyclic) bond motifs is 1. The molecule has 5 heteroatoms. The van der Waals surface area contributed by atoms with Gasteiger partial charge < -0.3 is 9.67 Å². The van der Waals surface area contributed by atoms with Gasteiger partial charge in [-0.05, 0) is 25.0 Å². The highest BCUT2D eigenvalue weighted by molar-refractivity contribution is 5.71. The molecule has 0 unspecified atom stereocenters. The Bertz CT molecular complexity index is 534. The predicted molar refractivity (Wildman–Crippen MR) is 63.7 cm³/mol. The number of imidazole rings is 1. The molecule has 5 nitrogen and oxygen atoms in total. The predicted octanol–water partition coefficient (Wildman–Crippen LogP) is 1.77. The smallest absolute Gasteiger partial charge is 0.303 e. The zero-order valence-electron chi connectivity index (χ0n) is 9.76. The molecule has 1 N–H and O–H groups in total. The number of aromatic nitrogens is 3. The van der Waals surface area contributed by atoms with Crippen LogP contribution in [0.5, 0.6) is 0 Å². The molecule has 0 aliphatic heterocycles. The summed E-state index contributed by atoms with van der Waals surface area (Å²) in [7, 11) is 1.96. The Kier molecular flexibility index (Phi) is 3.37. The summed E-state index contributed by atoms with van der Waals surface area (Å²) in [6.45, 7) is 0. The van der Waals surface area contributed by atoms with E-state index in [2.05, 4.69) is 9.97 Å². The van der Waals surface area contributed by atoms with Crippen molar-refractivity contribution < 1.29 is 9.90 Å². The van der Waals surface area contributed by atoms with Crippen molar-refractivity contribution in [3.8, 4) is 0 Å². The third-order valence-corrected chi connectivity index (χ3v) is 2.79. The van der Waals surface area contributed by atoms with Crippen LogP contribution in [0.15, 0.2) is 18.3 Å². The molecule has 0 aliphatic rings. The maximum Gasteiger partial charge on any atom is 0.303 e. The molecule has 2 aromatic rings. The number of rotatable bonds is 5. The molecule has 0 fully saturated rings. The molecular weight excluding hydrogens is 218 g/mol. The van der Waals surface area contributed by atoms with Crippen LogP contribution in [0.2, 0.25) is 0 Å². The maximum absolute atomic E-state index is 10.4. The molecule has 0 amide bonds. The first-order valence-corrected chi connectivity index (χ1v) is 5.66. The van der Waals surface area contributed by atoms with Gasteiger partial charge in [0.15, 0.2) is 5.65 Å². The third-order valence-electron chi connectivity index (χ3n) is 2.79. The Hall–Kier alpha value is -1.91. The summed E-state index contributed by atoms with van der Waals surface area (Å²) in [5, 5.41) is 8.55. The second-order valence-electron chi connectivity index (χ2n) is 4.03. The zero-order chi connectivity index (χ0) is 12.3. The normalized spacial score (nSPS) is 10.9. The summed E-state index contributed by atoms with van der Waals surface area (Å²) in [5.41, 5.74) is 1.77. The van der Waals surface area contributed by atoms with Crippen LogP contribution in [-0.2, 0) is 18.3 Å². The number of aryl methyl sites for hydroxylation is 2. The lowest BCUT2D eigenvalue weighted by Crippen LogP contribution is -1.99. The molecule has 0 atom stereocenters. The number of hydrogen-bond donors (Lipinski definition) is 1. The van der Waals surface area contributed by atoms with Crippen molar-refractivity contribution in [2.24, 2.45) is 7.05 Å². The molecule has 2 rings (SSSR count). The van der Waals surface area contributed by atoms with Crippen LogP contribution >= 0.6 is 0 Å². The topological polar surface area (TPSA) is 68.0 Å². The highest BCUT2D eigenvalue weighted by atomic mass is 16.4. The van der Waals surface area contributed by atoms with E-state index >= 15 is 0 Å². The lowest BCUT2D eigenvalue weighted by atomic mass is 10.2. The Morgan fingerprint density at radius 3 is 3.00 bits per heavy atom. The number of carbonyl (C=O) groups is 1. The number of pyridine rings is 1. The summed E-state index contributed by atoms with van der Waals surface area (Å²) in [6.07, 6.45) is 4.27. The van der Waals surface area contributed by atoms with Gasteiger partial charge in [0.25, 0.3) is 0 Å². The summed E-state index contributed by atoms with van der Waals surface area (Å²) < 4.78 is 2.02. The van der Waals surface area contributed by atoms with Crippen LogP contribution in [-0.4, -0.2) is 25.6 Å². The Morgan fingerprint density at radius 1 is 1.47 bits per heavy atom. The Morgan fingerprint density at radius 2 is 2.29 bits per heavy atom. The van der Waals surface area contributed by atoms with Gasteiger partial charge in [0, 0.05) is 26.1 Å². The van der Waals surface area contributed by atoms with Crippen molar-refractivity contribution in [2.75, 3.05) is 0 Å². The van der Waals surface area contributed by atoms with E-state index in [4.69, 9.17) is 5.11 Å². The van der Waals surface area contributed by atoms with Gasteiger partial charge in [0.1, 0.15) is 5.82 Å². The quantitative estimate of drug-likeness (QED) is 0.799. The second kappa shape index (κ2) is 4.95. The Balaban J connectivity index is 2.04. The number of unbranched alkanes of at least 4 members (excludes halogenated alkanes) is 1. The SMILES string of the molecule is Cn1c(CCCCC(=O)O)nc2ncccc21. The van der Waals surface area contributed by atoms with Crippen LogP contribution in [0.4, 0.5) is 0 Å². The van der Waals surface area contributed by atoms with Gasteiger partial charge in [0.05, 0.1) is 5.52 Å². The van der Waals surface area contributed by atoms with Crippen LogP contribution in [0.1, 0.15) is 25.1 Å². The first-order chi connectivity index (χ1) is 8.18. The van der Waals surface area contributed by atoms with E-state index in [0.717, 1.165) is 29.8 Å². The largest absolute Gasteiger partial charge is 0.481 e. The van der Waals surface area contributed by atoms with Crippen LogP contribution in [0.25, 0.3) is 11.2 Å². The molecule has 0 saturated carbocycles. The molecular formula is C12H15N3O2. The highest BCUT2D eigenvalue weighted by Crippen LogP contribution is 2.13. The number of carboxylic acid groups (broad SMARTS) is 1. The van der Waals surface area contributed by atoms with Gasteiger partial charge in [-0.3, -0.25) is 4.79 Å².